The van der Waals surface area contributed by atoms with Crippen LogP contribution in [0.15, 0.2) is 53.0 Å². The molecule has 2 aromatic rings. The van der Waals surface area contributed by atoms with E-state index in [-0.39, 0.29) is 12.5 Å². The van der Waals surface area contributed by atoms with E-state index in [1.165, 1.54) is 0 Å². The van der Waals surface area contributed by atoms with Crippen molar-refractivity contribution in [3.05, 3.63) is 53.0 Å². The van der Waals surface area contributed by atoms with Crippen LogP contribution < -0.4 is 21.7 Å². The molecule has 0 aliphatic rings. The molecule has 0 saturated carbocycles. The van der Waals surface area contributed by atoms with E-state index in [1.807, 2.05) is 24.3 Å². The van der Waals surface area contributed by atoms with Crippen LogP contribution in [0.4, 0.5) is 21.9 Å². The number of anilines is 3. The average Bonchev–Trinajstić information content (AvgIpc) is 2.72. The van der Waals surface area contributed by atoms with Gasteiger partial charge in [-0.2, -0.15) is 0 Å². The number of alkyl carbamates (subject to hydrolysis) is 1. The number of benzene rings is 2. The van der Waals surface area contributed by atoms with Gasteiger partial charge in [-0.05, 0) is 50.1 Å². The highest BCUT2D eigenvalue weighted by Gasteiger charge is 2.22. The van der Waals surface area contributed by atoms with Crippen molar-refractivity contribution < 1.29 is 19.1 Å². The second-order valence-electron chi connectivity index (χ2n) is 6.80. The van der Waals surface area contributed by atoms with Crippen molar-refractivity contribution in [3.8, 4) is 0 Å². The van der Waals surface area contributed by atoms with Crippen molar-refractivity contribution in [1.29, 1.82) is 0 Å². The maximum atomic E-state index is 12.7. The Morgan fingerprint density at radius 2 is 1.84 bits per heavy atom. The Morgan fingerprint density at radius 3 is 2.55 bits per heavy atom. The summed E-state index contributed by atoms with van der Waals surface area (Å²) in [5.74, 6) is -0.515. The van der Waals surface area contributed by atoms with Crippen molar-refractivity contribution in [1.82, 2.24) is 5.32 Å². The van der Waals surface area contributed by atoms with Gasteiger partial charge in [-0.1, -0.05) is 40.5 Å². The molecule has 1 unspecified atom stereocenters. The van der Waals surface area contributed by atoms with Crippen molar-refractivity contribution in [2.45, 2.75) is 38.6 Å². The number of hydrogen-bond donors (Lipinski definition) is 4. The van der Waals surface area contributed by atoms with Crippen molar-refractivity contribution >= 4 is 50.9 Å². The molecule has 2 aromatic carbocycles. The lowest BCUT2D eigenvalue weighted by atomic mass is 10.1. The Bertz CT molecular complexity index is 907. The van der Waals surface area contributed by atoms with Crippen LogP contribution in [0.3, 0.4) is 0 Å². The largest absolute Gasteiger partial charge is 0.450 e. The number of hydrogen-bond acceptors (Lipinski definition) is 5. The highest BCUT2D eigenvalue weighted by atomic mass is 79.9. The Labute approximate surface area is 190 Å². The minimum absolute atomic E-state index is 0.116. The summed E-state index contributed by atoms with van der Waals surface area (Å²) in [5, 5.41) is 8.13. The third-order valence-electron chi connectivity index (χ3n) is 4.36. The van der Waals surface area contributed by atoms with Crippen molar-refractivity contribution in [2.75, 3.05) is 23.0 Å². The van der Waals surface area contributed by atoms with Gasteiger partial charge < -0.3 is 26.4 Å². The molecular formula is C22H27BrN4O4. The van der Waals surface area contributed by atoms with Gasteiger partial charge in [-0.25, -0.2) is 4.79 Å². The van der Waals surface area contributed by atoms with Gasteiger partial charge in [0.25, 0.3) is 0 Å². The van der Waals surface area contributed by atoms with Gasteiger partial charge in [-0.15, -0.1) is 0 Å². The minimum Gasteiger partial charge on any atom is -0.450 e. The summed E-state index contributed by atoms with van der Waals surface area (Å²) < 4.78 is 5.77. The molecule has 0 aliphatic carbocycles. The van der Waals surface area contributed by atoms with Crippen LogP contribution in [0.25, 0.3) is 0 Å². The number of para-hydroxylation sites is 2. The molecule has 0 fully saturated rings. The number of nitrogens with one attached hydrogen (secondary N) is 3. The first-order chi connectivity index (χ1) is 14.9. The Kier molecular flexibility index (Phi) is 9.83. The Balaban J connectivity index is 1.87. The monoisotopic (exact) mass is 490 g/mol. The van der Waals surface area contributed by atoms with Gasteiger partial charge in [0, 0.05) is 16.6 Å². The highest BCUT2D eigenvalue weighted by Crippen LogP contribution is 2.18. The van der Waals surface area contributed by atoms with Crippen LogP contribution in [-0.4, -0.2) is 30.6 Å². The van der Waals surface area contributed by atoms with Crippen LogP contribution in [0, 0.1) is 0 Å². The van der Waals surface area contributed by atoms with E-state index in [9.17, 15) is 14.4 Å². The molecule has 0 saturated heterocycles. The molecule has 0 radical (unpaired) electrons. The number of nitrogens with two attached hydrogens (primary N) is 1. The molecule has 0 aliphatic heterocycles. The maximum absolute atomic E-state index is 12.7. The molecule has 9 heteroatoms. The van der Waals surface area contributed by atoms with Crippen LogP contribution >= 0.6 is 15.9 Å². The number of ether oxygens (including phenoxy) is 1. The third-order valence-corrected chi connectivity index (χ3v) is 4.85. The van der Waals surface area contributed by atoms with E-state index >= 15 is 0 Å². The second-order valence-corrected chi connectivity index (χ2v) is 7.71. The summed E-state index contributed by atoms with van der Waals surface area (Å²) in [6.45, 7) is 1.88. The first kappa shape index (κ1) is 24.2. The van der Waals surface area contributed by atoms with Crippen LogP contribution in [-0.2, 0) is 14.3 Å². The van der Waals surface area contributed by atoms with E-state index < -0.39 is 18.0 Å². The van der Waals surface area contributed by atoms with Gasteiger partial charge in [0.1, 0.15) is 6.04 Å². The lowest BCUT2D eigenvalue weighted by Gasteiger charge is -2.18. The predicted octanol–water partition coefficient (Wildman–Crippen LogP) is 4.28. The standard InChI is InChI=1S/C22H27BrN4O4/c1-2-31-22(30)27-19(21(29)26-18-11-4-3-10-17(18)24)12-5-6-13-20(28)25-16-9-7-8-15(23)14-16/h3-4,7-11,14,19H,2,5-6,12-13,24H2,1H3,(H,25,28)(H,26,29)(H,27,30). The second kappa shape index (κ2) is 12.6. The molecule has 5 N–H and O–H groups in total. The summed E-state index contributed by atoms with van der Waals surface area (Å²) in [7, 11) is 0. The number of rotatable bonds is 10. The fourth-order valence-corrected chi connectivity index (χ4v) is 3.24. The molecular weight excluding hydrogens is 464 g/mol. The lowest BCUT2D eigenvalue weighted by Crippen LogP contribution is -2.44. The van der Waals surface area contributed by atoms with Gasteiger partial charge in [0.05, 0.1) is 18.0 Å². The number of carbonyl (C=O) groups excluding carboxylic acids is 3. The zero-order valence-corrected chi connectivity index (χ0v) is 18.9. The smallest absolute Gasteiger partial charge is 0.407 e. The Hall–Kier alpha value is -3.07. The van der Waals surface area contributed by atoms with Crippen LogP contribution in [0.1, 0.15) is 32.6 Å². The summed E-state index contributed by atoms with van der Waals surface area (Å²) >= 11 is 3.36. The number of halogens is 1. The fourth-order valence-electron chi connectivity index (χ4n) is 2.84. The van der Waals surface area contributed by atoms with E-state index in [0.29, 0.717) is 42.7 Å². The number of unbranched alkanes of at least 4 members (excludes halogenated alkanes) is 1. The van der Waals surface area contributed by atoms with E-state index in [0.717, 1.165) is 4.47 Å². The van der Waals surface area contributed by atoms with Crippen LogP contribution in [0.5, 0.6) is 0 Å². The normalized spacial score (nSPS) is 11.3. The molecule has 0 spiro atoms. The molecule has 31 heavy (non-hydrogen) atoms. The van der Waals surface area contributed by atoms with Crippen LogP contribution in [0.2, 0.25) is 0 Å². The topological polar surface area (TPSA) is 123 Å². The van der Waals surface area contributed by atoms with Crippen molar-refractivity contribution in [2.24, 2.45) is 0 Å². The number of nitrogen functional groups attached to an aromatic ring is 1. The molecule has 2 rings (SSSR count). The molecule has 166 valence electrons. The van der Waals surface area contributed by atoms with E-state index in [1.54, 1.807) is 31.2 Å². The number of amides is 3. The lowest BCUT2D eigenvalue weighted by molar-refractivity contribution is -0.118. The molecule has 0 heterocycles. The maximum Gasteiger partial charge on any atom is 0.407 e. The van der Waals surface area contributed by atoms with Crippen molar-refractivity contribution in [3.63, 3.8) is 0 Å². The third kappa shape index (κ3) is 8.67. The summed E-state index contributed by atoms with van der Waals surface area (Å²) in [5.41, 5.74) is 7.48. The average molecular weight is 491 g/mol. The summed E-state index contributed by atoms with van der Waals surface area (Å²) in [6.07, 6.45) is 1.09. The quantitative estimate of drug-likeness (QED) is 0.292. The molecule has 0 aromatic heterocycles. The zero-order chi connectivity index (χ0) is 22.6. The van der Waals surface area contributed by atoms with E-state index in [2.05, 4.69) is 31.9 Å². The van der Waals surface area contributed by atoms with Gasteiger partial charge >= 0.3 is 6.09 Å². The molecule has 1 atom stereocenters. The predicted molar refractivity (Wildman–Crippen MR) is 125 cm³/mol. The highest BCUT2D eigenvalue weighted by molar-refractivity contribution is 9.10. The number of carbonyl (C=O) groups is 3. The van der Waals surface area contributed by atoms with Gasteiger partial charge in [0.2, 0.25) is 11.8 Å². The fraction of sp³-hybridized carbons (Fsp3) is 0.318. The Morgan fingerprint density at radius 1 is 1.06 bits per heavy atom. The minimum atomic E-state index is -0.813. The molecule has 3 amide bonds. The molecule has 8 nitrogen and oxygen atoms in total. The summed E-state index contributed by atoms with van der Waals surface area (Å²) in [6, 6.07) is 13.4. The molecule has 0 bridgehead atoms. The van der Waals surface area contributed by atoms with Gasteiger partial charge in [-0.3, -0.25) is 9.59 Å². The first-order valence-electron chi connectivity index (χ1n) is 10.0. The first-order valence-corrected chi connectivity index (χ1v) is 10.8. The van der Waals surface area contributed by atoms with E-state index in [4.69, 9.17) is 10.5 Å². The SMILES string of the molecule is CCOC(=O)NC(CCCCC(=O)Nc1cccc(Br)c1)C(=O)Nc1ccccc1N. The van der Waals surface area contributed by atoms with Gasteiger partial charge in [0.15, 0.2) is 0 Å². The summed E-state index contributed by atoms with van der Waals surface area (Å²) in [4.78, 5) is 36.7. The zero-order valence-electron chi connectivity index (χ0n) is 17.3.